The van der Waals surface area contributed by atoms with Crippen molar-refractivity contribution in [3.8, 4) is 0 Å². The van der Waals surface area contributed by atoms with Gasteiger partial charge >= 0.3 is 0 Å². The second-order valence-corrected chi connectivity index (χ2v) is 6.56. The molecule has 2 aromatic rings. The molecule has 1 saturated carbocycles. The highest BCUT2D eigenvalue weighted by Crippen LogP contribution is 2.52. The highest BCUT2D eigenvalue weighted by Gasteiger charge is 2.52. The third-order valence-corrected chi connectivity index (χ3v) is 5.58. The average Bonchev–Trinajstić information content (AvgIpc) is 3.04. The van der Waals surface area contributed by atoms with Gasteiger partial charge < -0.3 is 5.11 Å². The van der Waals surface area contributed by atoms with Crippen LogP contribution in [0, 0.1) is 11.8 Å². The Labute approximate surface area is 125 Å². The van der Waals surface area contributed by atoms with Gasteiger partial charge in [0.25, 0.3) is 0 Å². The van der Waals surface area contributed by atoms with Crippen molar-refractivity contribution in [3.05, 3.63) is 53.3 Å². The Morgan fingerprint density at radius 3 is 2.33 bits per heavy atom. The van der Waals surface area contributed by atoms with Gasteiger partial charge in [-0.15, -0.1) is 0 Å². The predicted molar refractivity (Wildman–Crippen MR) is 81.9 cm³/mol. The van der Waals surface area contributed by atoms with Gasteiger partial charge in [0, 0.05) is 18.3 Å². The van der Waals surface area contributed by atoms with Crippen LogP contribution in [0.2, 0.25) is 0 Å². The summed E-state index contributed by atoms with van der Waals surface area (Å²) in [5, 5.41) is 15.9. The first kappa shape index (κ1) is 13.1. The molecule has 110 valence electrons. The van der Waals surface area contributed by atoms with Crippen LogP contribution in [0.1, 0.15) is 36.5 Å². The molecule has 0 radical (unpaired) electrons. The maximum atomic E-state index is 11.5. The minimum absolute atomic E-state index is 0.320. The van der Waals surface area contributed by atoms with Crippen LogP contribution in [0.25, 0.3) is 0 Å². The van der Waals surface area contributed by atoms with Crippen molar-refractivity contribution in [3.63, 3.8) is 0 Å². The number of benzene rings is 1. The van der Waals surface area contributed by atoms with Crippen LogP contribution in [0.15, 0.2) is 36.7 Å². The van der Waals surface area contributed by atoms with Crippen LogP contribution >= 0.6 is 0 Å². The number of aromatic nitrogens is 2. The van der Waals surface area contributed by atoms with Crippen molar-refractivity contribution in [1.82, 2.24) is 9.78 Å². The van der Waals surface area contributed by atoms with E-state index in [1.807, 2.05) is 17.1 Å². The summed E-state index contributed by atoms with van der Waals surface area (Å²) in [6, 6.07) is 8.69. The van der Waals surface area contributed by atoms with Crippen molar-refractivity contribution < 1.29 is 5.11 Å². The molecule has 1 aromatic carbocycles. The van der Waals surface area contributed by atoms with Gasteiger partial charge in [0.15, 0.2) is 0 Å². The number of aliphatic hydroxyl groups is 1. The molecule has 0 spiro atoms. The molecule has 3 heteroatoms. The molecular formula is C18H22N2O. The van der Waals surface area contributed by atoms with E-state index in [9.17, 15) is 5.11 Å². The van der Waals surface area contributed by atoms with E-state index >= 15 is 0 Å². The fraction of sp³-hybridized carbons (Fsp3) is 0.500. The lowest BCUT2D eigenvalue weighted by Crippen LogP contribution is -2.37. The smallest absolute Gasteiger partial charge is 0.0989 e. The zero-order chi connectivity index (χ0) is 14.4. The quantitative estimate of drug-likeness (QED) is 0.919. The Balaban J connectivity index is 1.77. The highest BCUT2D eigenvalue weighted by atomic mass is 16.3. The lowest BCUT2D eigenvalue weighted by atomic mass is 9.78. The largest absolute Gasteiger partial charge is 0.384 e. The summed E-state index contributed by atoms with van der Waals surface area (Å²) in [7, 11) is 0. The summed E-state index contributed by atoms with van der Waals surface area (Å²) in [5.74, 6) is 0.640. The first-order valence-electron chi connectivity index (χ1n) is 8.04. The SMILES string of the molecule is CCn1cc(C2(O)C3CCC2Cc2ccccc2C3)cn1. The summed E-state index contributed by atoms with van der Waals surface area (Å²) in [6.45, 7) is 2.93. The van der Waals surface area contributed by atoms with Crippen LogP contribution in [-0.2, 0) is 25.0 Å². The molecule has 4 rings (SSSR count). The van der Waals surface area contributed by atoms with Gasteiger partial charge in [-0.3, -0.25) is 4.68 Å². The zero-order valence-corrected chi connectivity index (χ0v) is 12.5. The maximum Gasteiger partial charge on any atom is 0.0989 e. The van der Waals surface area contributed by atoms with Crippen LogP contribution in [0.4, 0.5) is 0 Å². The second-order valence-electron chi connectivity index (χ2n) is 6.56. The highest BCUT2D eigenvalue weighted by molar-refractivity contribution is 5.34. The van der Waals surface area contributed by atoms with Gasteiger partial charge in [-0.1, -0.05) is 24.3 Å². The van der Waals surface area contributed by atoms with Crippen molar-refractivity contribution in [2.45, 2.75) is 44.8 Å². The van der Waals surface area contributed by atoms with E-state index in [2.05, 4.69) is 36.3 Å². The molecule has 0 saturated heterocycles. The monoisotopic (exact) mass is 282 g/mol. The predicted octanol–water partition coefficient (Wildman–Crippen LogP) is 2.92. The van der Waals surface area contributed by atoms with Crippen LogP contribution < -0.4 is 0 Å². The molecule has 1 heterocycles. The summed E-state index contributed by atoms with van der Waals surface area (Å²) >= 11 is 0. The summed E-state index contributed by atoms with van der Waals surface area (Å²) < 4.78 is 1.92. The lowest BCUT2D eigenvalue weighted by molar-refractivity contribution is -0.0396. The topological polar surface area (TPSA) is 38.0 Å². The van der Waals surface area contributed by atoms with E-state index in [0.717, 1.165) is 37.8 Å². The minimum atomic E-state index is -0.702. The third-order valence-electron chi connectivity index (χ3n) is 5.58. The Hall–Kier alpha value is -1.61. The normalized spacial score (nSPS) is 31.0. The first-order valence-corrected chi connectivity index (χ1v) is 8.04. The number of fused-ring (bicyclic) bond motifs is 3. The van der Waals surface area contributed by atoms with E-state index in [1.54, 1.807) is 0 Å². The standard InChI is InChI=1S/C18H22N2O/c1-2-20-12-17(11-19-20)18(21)15-7-8-16(18)10-14-6-4-3-5-13(14)9-15/h3-6,11-12,15-16,21H,2,7-10H2,1H3. The molecule has 2 bridgehead atoms. The van der Waals surface area contributed by atoms with E-state index in [4.69, 9.17) is 0 Å². The van der Waals surface area contributed by atoms with Crippen molar-refractivity contribution >= 4 is 0 Å². The summed E-state index contributed by atoms with van der Waals surface area (Å²) in [4.78, 5) is 0. The Morgan fingerprint density at radius 1 is 1.19 bits per heavy atom. The van der Waals surface area contributed by atoms with Crippen LogP contribution in [-0.4, -0.2) is 14.9 Å². The molecule has 3 nitrogen and oxygen atoms in total. The molecule has 2 aliphatic carbocycles. The molecule has 0 amide bonds. The van der Waals surface area contributed by atoms with E-state index in [0.29, 0.717) is 11.8 Å². The van der Waals surface area contributed by atoms with Gasteiger partial charge in [-0.05, 0) is 55.6 Å². The van der Waals surface area contributed by atoms with Crippen LogP contribution in [0.3, 0.4) is 0 Å². The lowest BCUT2D eigenvalue weighted by Gasteiger charge is -2.33. The van der Waals surface area contributed by atoms with E-state index < -0.39 is 5.60 Å². The third kappa shape index (κ3) is 1.87. The molecule has 2 unspecified atom stereocenters. The maximum absolute atomic E-state index is 11.5. The van der Waals surface area contributed by atoms with Gasteiger partial charge in [-0.2, -0.15) is 5.10 Å². The number of aryl methyl sites for hydroxylation is 1. The number of hydrogen-bond acceptors (Lipinski definition) is 2. The number of hydrogen-bond donors (Lipinski definition) is 1. The fourth-order valence-corrected chi connectivity index (χ4v) is 4.39. The van der Waals surface area contributed by atoms with E-state index in [-0.39, 0.29) is 0 Å². The second kappa shape index (κ2) is 4.70. The van der Waals surface area contributed by atoms with Gasteiger partial charge in [-0.25, -0.2) is 0 Å². The summed E-state index contributed by atoms with van der Waals surface area (Å²) in [6.07, 6.45) is 8.13. The van der Waals surface area contributed by atoms with Crippen molar-refractivity contribution in [2.24, 2.45) is 11.8 Å². The Kier molecular flexibility index (Phi) is 2.93. The van der Waals surface area contributed by atoms with Crippen molar-refractivity contribution in [1.29, 1.82) is 0 Å². The average molecular weight is 282 g/mol. The van der Waals surface area contributed by atoms with Gasteiger partial charge in [0.1, 0.15) is 0 Å². The Morgan fingerprint density at radius 2 is 1.81 bits per heavy atom. The van der Waals surface area contributed by atoms with E-state index in [1.165, 1.54) is 11.1 Å². The molecule has 21 heavy (non-hydrogen) atoms. The molecule has 2 atom stereocenters. The molecular weight excluding hydrogens is 260 g/mol. The Bertz CT molecular complexity index is 628. The molecule has 2 aliphatic rings. The molecule has 1 N–H and O–H groups in total. The minimum Gasteiger partial charge on any atom is -0.384 e. The zero-order valence-electron chi connectivity index (χ0n) is 12.5. The first-order chi connectivity index (χ1) is 10.2. The van der Waals surface area contributed by atoms with Crippen molar-refractivity contribution in [2.75, 3.05) is 0 Å². The van der Waals surface area contributed by atoms with Gasteiger partial charge in [0.05, 0.1) is 11.8 Å². The molecule has 1 fully saturated rings. The number of rotatable bonds is 2. The van der Waals surface area contributed by atoms with Crippen LogP contribution in [0.5, 0.6) is 0 Å². The summed E-state index contributed by atoms with van der Waals surface area (Å²) in [5.41, 5.74) is 3.16. The van der Waals surface area contributed by atoms with Gasteiger partial charge in [0.2, 0.25) is 0 Å². The molecule has 1 aromatic heterocycles. The molecule has 0 aliphatic heterocycles. The fourth-order valence-electron chi connectivity index (χ4n) is 4.39. The number of nitrogens with zero attached hydrogens (tertiary/aromatic N) is 2.